The Balaban J connectivity index is 2.19. The molecule has 1 heterocycles. The van der Waals surface area contributed by atoms with Gasteiger partial charge in [-0.1, -0.05) is 0 Å². The number of carbonyl (C=O) groups is 2. The van der Waals surface area contributed by atoms with Gasteiger partial charge < -0.3 is 10.0 Å². The Labute approximate surface area is 99.6 Å². The van der Waals surface area contributed by atoms with Gasteiger partial charge in [0, 0.05) is 25.2 Å². The molecule has 0 radical (unpaired) electrons. The molecule has 7 heteroatoms. The zero-order valence-corrected chi connectivity index (χ0v) is 8.99. The summed E-state index contributed by atoms with van der Waals surface area (Å²) in [7, 11) is 0. The third-order valence-electron chi connectivity index (χ3n) is 2.74. The molecule has 0 unspecified atom stereocenters. The molecule has 1 saturated heterocycles. The van der Waals surface area contributed by atoms with Gasteiger partial charge in [-0.25, -0.2) is 13.2 Å². The zero-order chi connectivity index (χ0) is 13.4. The highest BCUT2D eigenvalue weighted by Crippen LogP contribution is 2.22. The predicted molar refractivity (Wildman–Crippen MR) is 53.3 cm³/mol. The molecule has 0 aliphatic carbocycles. The van der Waals surface area contributed by atoms with Gasteiger partial charge in [0.1, 0.15) is 23.0 Å². The van der Waals surface area contributed by atoms with Crippen LogP contribution in [0.25, 0.3) is 0 Å². The highest BCUT2D eigenvalue weighted by atomic mass is 19.1. The smallest absolute Gasteiger partial charge is 0.310 e. The standard InChI is InChI=1S/C11H8F3NO3/c12-6-1-7(13)9(8(14)2-6)10(16)15-3-5(4-15)11(17)18/h1-2,5H,3-4H2,(H,17,18). The second-order valence-electron chi connectivity index (χ2n) is 3.99. The fourth-order valence-electron chi connectivity index (χ4n) is 1.71. The largest absolute Gasteiger partial charge is 0.481 e. The molecule has 1 aliphatic heterocycles. The molecule has 1 aromatic rings. The number of likely N-dealkylation sites (tertiary alicyclic amines) is 1. The lowest BCUT2D eigenvalue weighted by atomic mass is 9.99. The van der Waals surface area contributed by atoms with Crippen molar-refractivity contribution in [2.24, 2.45) is 5.92 Å². The van der Waals surface area contributed by atoms with Crippen LogP contribution in [0, 0.1) is 23.4 Å². The van der Waals surface area contributed by atoms with E-state index in [4.69, 9.17) is 5.11 Å². The highest BCUT2D eigenvalue weighted by molar-refractivity contribution is 5.96. The molecule has 0 bridgehead atoms. The molecule has 1 N–H and O–H groups in total. The van der Waals surface area contributed by atoms with Gasteiger partial charge in [0.05, 0.1) is 5.92 Å². The summed E-state index contributed by atoms with van der Waals surface area (Å²) in [6, 6.07) is 0.815. The van der Waals surface area contributed by atoms with Crippen LogP contribution in [0.5, 0.6) is 0 Å². The van der Waals surface area contributed by atoms with E-state index in [9.17, 15) is 22.8 Å². The second kappa shape index (κ2) is 4.32. The first-order chi connectivity index (χ1) is 8.40. The summed E-state index contributed by atoms with van der Waals surface area (Å²) in [5, 5.41) is 8.61. The third-order valence-corrected chi connectivity index (χ3v) is 2.74. The fourth-order valence-corrected chi connectivity index (χ4v) is 1.71. The van der Waals surface area contributed by atoms with E-state index in [1.165, 1.54) is 0 Å². The number of carbonyl (C=O) groups excluding carboxylic acids is 1. The maximum atomic E-state index is 13.3. The molecule has 0 spiro atoms. The van der Waals surface area contributed by atoms with Crippen LogP contribution in [0.1, 0.15) is 10.4 Å². The Morgan fingerprint density at radius 3 is 2.11 bits per heavy atom. The number of aliphatic carboxylic acids is 1. The molecule has 1 aliphatic rings. The predicted octanol–water partition coefficient (Wildman–Crippen LogP) is 1.26. The number of carboxylic acids is 1. The molecule has 18 heavy (non-hydrogen) atoms. The van der Waals surface area contributed by atoms with Gasteiger partial charge >= 0.3 is 5.97 Å². The van der Waals surface area contributed by atoms with Crippen molar-refractivity contribution < 1.29 is 27.9 Å². The maximum Gasteiger partial charge on any atom is 0.310 e. The Bertz CT molecular complexity index is 503. The highest BCUT2D eigenvalue weighted by Gasteiger charge is 2.37. The SMILES string of the molecule is O=C(O)C1CN(C(=O)c2c(F)cc(F)cc2F)C1. The van der Waals surface area contributed by atoms with Crippen molar-refractivity contribution >= 4 is 11.9 Å². The van der Waals surface area contributed by atoms with Gasteiger partial charge in [-0.05, 0) is 0 Å². The topological polar surface area (TPSA) is 57.6 Å². The third kappa shape index (κ3) is 2.03. The molecule has 1 amide bonds. The quantitative estimate of drug-likeness (QED) is 0.869. The summed E-state index contributed by atoms with van der Waals surface area (Å²) in [6.07, 6.45) is 0. The number of halogens is 3. The fraction of sp³-hybridized carbons (Fsp3) is 0.273. The van der Waals surface area contributed by atoms with Crippen LogP contribution in [-0.4, -0.2) is 35.0 Å². The van der Waals surface area contributed by atoms with Crippen molar-refractivity contribution in [3.8, 4) is 0 Å². The lowest BCUT2D eigenvalue weighted by Crippen LogP contribution is -2.53. The lowest BCUT2D eigenvalue weighted by molar-refractivity contribution is -0.146. The molecule has 0 atom stereocenters. The van der Waals surface area contributed by atoms with E-state index >= 15 is 0 Å². The van der Waals surface area contributed by atoms with E-state index < -0.39 is 40.8 Å². The maximum absolute atomic E-state index is 13.3. The summed E-state index contributed by atoms with van der Waals surface area (Å²) in [5.41, 5.74) is -0.861. The number of nitrogens with zero attached hydrogens (tertiary/aromatic N) is 1. The van der Waals surface area contributed by atoms with Crippen LogP contribution in [0.4, 0.5) is 13.2 Å². The first-order valence-electron chi connectivity index (χ1n) is 5.06. The Morgan fingerprint density at radius 1 is 1.17 bits per heavy atom. The molecule has 4 nitrogen and oxygen atoms in total. The van der Waals surface area contributed by atoms with Crippen molar-refractivity contribution in [2.45, 2.75) is 0 Å². The molecule has 1 fully saturated rings. The van der Waals surface area contributed by atoms with Crippen LogP contribution in [0.3, 0.4) is 0 Å². The van der Waals surface area contributed by atoms with E-state index in [0.29, 0.717) is 12.1 Å². The summed E-state index contributed by atoms with van der Waals surface area (Å²) in [6.45, 7) is -0.213. The molecule has 0 saturated carbocycles. The van der Waals surface area contributed by atoms with Gasteiger partial charge in [-0.3, -0.25) is 9.59 Å². The van der Waals surface area contributed by atoms with Crippen molar-refractivity contribution in [3.05, 3.63) is 35.1 Å². The van der Waals surface area contributed by atoms with E-state index in [-0.39, 0.29) is 13.1 Å². The van der Waals surface area contributed by atoms with E-state index in [1.807, 2.05) is 0 Å². The molecule has 0 aromatic heterocycles. The van der Waals surface area contributed by atoms with Gasteiger partial charge in [0.2, 0.25) is 0 Å². The molecule has 1 aromatic carbocycles. The summed E-state index contributed by atoms with van der Waals surface area (Å²) in [4.78, 5) is 23.2. The molecule has 2 rings (SSSR count). The first kappa shape index (κ1) is 12.4. The van der Waals surface area contributed by atoms with Gasteiger partial charge in [0.15, 0.2) is 0 Å². The van der Waals surface area contributed by atoms with Crippen molar-refractivity contribution in [2.75, 3.05) is 13.1 Å². The van der Waals surface area contributed by atoms with E-state index in [2.05, 4.69) is 0 Å². The normalized spacial score (nSPS) is 15.4. The lowest BCUT2D eigenvalue weighted by Gasteiger charge is -2.36. The second-order valence-corrected chi connectivity index (χ2v) is 3.99. The van der Waals surface area contributed by atoms with Crippen molar-refractivity contribution in [1.29, 1.82) is 0 Å². The number of rotatable bonds is 2. The van der Waals surface area contributed by atoms with Crippen LogP contribution in [-0.2, 0) is 4.79 Å². The van der Waals surface area contributed by atoms with Crippen LogP contribution < -0.4 is 0 Å². The minimum Gasteiger partial charge on any atom is -0.481 e. The first-order valence-corrected chi connectivity index (χ1v) is 5.06. The number of hydrogen-bond donors (Lipinski definition) is 1. The van der Waals surface area contributed by atoms with Gasteiger partial charge in [-0.15, -0.1) is 0 Å². The summed E-state index contributed by atoms with van der Waals surface area (Å²) < 4.78 is 39.2. The van der Waals surface area contributed by atoms with Crippen molar-refractivity contribution in [3.63, 3.8) is 0 Å². The van der Waals surface area contributed by atoms with Crippen LogP contribution in [0.15, 0.2) is 12.1 Å². The zero-order valence-electron chi connectivity index (χ0n) is 8.99. The molecule has 96 valence electrons. The Kier molecular flexibility index (Phi) is 2.98. The van der Waals surface area contributed by atoms with E-state index in [0.717, 1.165) is 4.90 Å². The van der Waals surface area contributed by atoms with Crippen LogP contribution in [0.2, 0.25) is 0 Å². The number of carboxylic acid groups (broad SMARTS) is 1. The van der Waals surface area contributed by atoms with Gasteiger partial charge in [-0.2, -0.15) is 0 Å². The van der Waals surface area contributed by atoms with Crippen molar-refractivity contribution in [1.82, 2.24) is 4.90 Å². The number of amides is 1. The summed E-state index contributed by atoms with van der Waals surface area (Å²) in [5.74, 6) is -6.47. The summed E-state index contributed by atoms with van der Waals surface area (Å²) >= 11 is 0. The number of hydrogen-bond acceptors (Lipinski definition) is 2. The minimum atomic E-state index is -1.30. The van der Waals surface area contributed by atoms with Gasteiger partial charge in [0.25, 0.3) is 5.91 Å². The average molecular weight is 259 g/mol. The average Bonchev–Trinajstić information content (AvgIpc) is 2.11. The Morgan fingerprint density at radius 2 is 1.67 bits per heavy atom. The molecular weight excluding hydrogens is 251 g/mol. The Hall–Kier alpha value is -2.05. The van der Waals surface area contributed by atoms with Crippen LogP contribution >= 0.6 is 0 Å². The molecular formula is C11H8F3NO3. The minimum absolute atomic E-state index is 0.107. The number of benzene rings is 1. The monoisotopic (exact) mass is 259 g/mol. The van der Waals surface area contributed by atoms with E-state index in [1.54, 1.807) is 0 Å².